The summed E-state index contributed by atoms with van der Waals surface area (Å²) in [5, 5.41) is 0. The molecule has 0 N–H and O–H groups in total. The van der Waals surface area contributed by atoms with Crippen LogP contribution in [-0.2, 0) is 19.0 Å². The van der Waals surface area contributed by atoms with Crippen LogP contribution in [0.2, 0.25) is 0 Å². The molecule has 0 saturated carbocycles. The van der Waals surface area contributed by atoms with E-state index in [9.17, 15) is 4.79 Å². The molecule has 1 atom stereocenters. The van der Waals surface area contributed by atoms with Crippen LogP contribution in [0.15, 0.2) is 0 Å². The second-order valence-corrected chi connectivity index (χ2v) is 2.76. The van der Waals surface area contributed by atoms with Crippen molar-refractivity contribution in [2.45, 2.75) is 12.7 Å². The topological polar surface area (TPSA) is 44.8 Å². The van der Waals surface area contributed by atoms with Gasteiger partial charge in [0, 0.05) is 0 Å². The number of hydrogen-bond donors (Lipinski definition) is 0. The van der Waals surface area contributed by atoms with Crippen LogP contribution >= 0.6 is 0 Å². The van der Waals surface area contributed by atoms with E-state index in [1.807, 2.05) is 0 Å². The molecule has 62 valence electrons. The molecular weight excluding hydrogens is 148 g/mol. The fourth-order valence-electron chi connectivity index (χ4n) is 1.36. The van der Waals surface area contributed by atoms with Crippen molar-refractivity contribution in [1.29, 1.82) is 0 Å². The van der Waals surface area contributed by atoms with Crippen molar-refractivity contribution < 1.29 is 19.0 Å². The van der Waals surface area contributed by atoms with Crippen LogP contribution in [0.25, 0.3) is 0 Å². The highest BCUT2D eigenvalue weighted by atomic mass is 16.7. The standard InChI is InChI=1S/C7H10O4/c8-6-3-5(4-11-6)7-9-1-2-10-7/h5,7H,1-4H2. The smallest absolute Gasteiger partial charge is 0.306 e. The molecule has 0 radical (unpaired) electrons. The highest BCUT2D eigenvalue weighted by molar-refractivity contribution is 5.71. The lowest BCUT2D eigenvalue weighted by atomic mass is 10.1. The molecule has 0 aromatic heterocycles. The minimum Gasteiger partial charge on any atom is -0.465 e. The average Bonchev–Trinajstić information content (AvgIpc) is 2.55. The lowest BCUT2D eigenvalue weighted by Crippen LogP contribution is -2.21. The van der Waals surface area contributed by atoms with E-state index in [0.717, 1.165) is 0 Å². The first-order valence-corrected chi connectivity index (χ1v) is 3.75. The molecule has 2 fully saturated rings. The third kappa shape index (κ3) is 1.36. The van der Waals surface area contributed by atoms with Crippen LogP contribution in [-0.4, -0.2) is 32.1 Å². The van der Waals surface area contributed by atoms with Gasteiger partial charge in [-0.25, -0.2) is 0 Å². The lowest BCUT2D eigenvalue weighted by Gasteiger charge is -2.12. The Hall–Kier alpha value is -0.610. The molecule has 11 heavy (non-hydrogen) atoms. The maximum Gasteiger partial charge on any atom is 0.306 e. The van der Waals surface area contributed by atoms with Crippen LogP contribution in [0.1, 0.15) is 6.42 Å². The van der Waals surface area contributed by atoms with Gasteiger partial charge in [-0.1, -0.05) is 0 Å². The Labute approximate surface area is 64.4 Å². The van der Waals surface area contributed by atoms with Crippen LogP contribution < -0.4 is 0 Å². The average molecular weight is 158 g/mol. The van der Waals surface area contributed by atoms with Crippen molar-refractivity contribution >= 4 is 5.97 Å². The summed E-state index contributed by atoms with van der Waals surface area (Å²) in [6, 6.07) is 0. The SMILES string of the molecule is O=C1CC(C2OCCO2)CO1. The number of carbonyl (C=O) groups is 1. The quantitative estimate of drug-likeness (QED) is 0.501. The highest BCUT2D eigenvalue weighted by Gasteiger charge is 2.34. The number of ether oxygens (including phenoxy) is 3. The minimum absolute atomic E-state index is 0.116. The summed E-state index contributed by atoms with van der Waals surface area (Å²) in [7, 11) is 0. The van der Waals surface area contributed by atoms with Gasteiger partial charge in [0.2, 0.25) is 0 Å². The van der Waals surface area contributed by atoms with Crippen molar-refractivity contribution in [3.05, 3.63) is 0 Å². The Bertz CT molecular complexity index is 162. The van der Waals surface area contributed by atoms with Crippen LogP contribution in [0, 0.1) is 5.92 Å². The lowest BCUT2D eigenvalue weighted by molar-refractivity contribution is -0.137. The van der Waals surface area contributed by atoms with E-state index in [2.05, 4.69) is 0 Å². The summed E-state index contributed by atoms with van der Waals surface area (Å²) in [6.45, 7) is 1.72. The van der Waals surface area contributed by atoms with Crippen molar-refractivity contribution in [1.82, 2.24) is 0 Å². The first-order chi connectivity index (χ1) is 5.36. The molecule has 0 amide bonds. The van der Waals surface area contributed by atoms with E-state index in [-0.39, 0.29) is 18.2 Å². The Morgan fingerprint density at radius 1 is 1.27 bits per heavy atom. The molecule has 0 aromatic carbocycles. The Morgan fingerprint density at radius 3 is 2.55 bits per heavy atom. The molecular formula is C7H10O4. The Balaban J connectivity index is 1.90. The van der Waals surface area contributed by atoms with E-state index >= 15 is 0 Å². The molecule has 2 heterocycles. The van der Waals surface area contributed by atoms with E-state index in [4.69, 9.17) is 14.2 Å². The van der Waals surface area contributed by atoms with Gasteiger partial charge in [-0.3, -0.25) is 4.79 Å². The highest BCUT2D eigenvalue weighted by Crippen LogP contribution is 2.23. The van der Waals surface area contributed by atoms with Crippen LogP contribution in [0.4, 0.5) is 0 Å². The van der Waals surface area contributed by atoms with E-state index in [1.165, 1.54) is 0 Å². The van der Waals surface area contributed by atoms with Crippen LogP contribution in [0.5, 0.6) is 0 Å². The molecule has 0 bridgehead atoms. The summed E-state index contributed by atoms with van der Waals surface area (Å²) in [5.74, 6) is -0.0286. The van der Waals surface area contributed by atoms with Gasteiger partial charge in [0.25, 0.3) is 0 Å². The molecule has 0 aliphatic carbocycles. The molecule has 4 heteroatoms. The fourth-order valence-corrected chi connectivity index (χ4v) is 1.36. The van der Waals surface area contributed by atoms with Crippen molar-refractivity contribution in [2.75, 3.05) is 19.8 Å². The largest absolute Gasteiger partial charge is 0.465 e. The Kier molecular flexibility index (Phi) is 1.79. The van der Waals surface area contributed by atoms with E-state index in [0.29, 0.717) is 26.2 Å². The molecule has 0 aromatic rings. The van der Waals surface area contributed by atoms with Crippen molar-refractivity contribution in [3.8, 4) is 0 Å². The first kappa shape index (κ1) is 7.06. The maximum atomic E-state index is 10.7. The summed E-state index contributed by atoms with van der Waals surface area (Å²) in [4.78, 5) is 10.7. The summed E-state index contributed by atoms with van der Waals surface area (Å²) >= 11 is 0. The predicted octanol–water partition coefficient (Wildman–Crippen LogP) is -0.0776. The molecule has 2 aliphatic heterocycles. The van der Waals surface area contributed by atoms with Gasteiger partial charge in [-0.2, -0.15) is 0 Å². The summed E-state index contributed by atoms with van der Waals surface area (Å²) in [5.41, 5.74) is 0. The fraction of sp³-hybridized carbons (Fsp3) is 0.857. The first-order valence-electron chi connectivity index (χ1n) is 3.75. The number of hydrogen-bond acceptors (Lipinski definition) is 4. The molecule has 4 nitrogen and oxygen atoms in total. The van der Waals surface area contributed by atoms with E-state index < -0.39 is 0 Å². The Morgan fingerprint density at radius 2 is 2.00 bits per heavy atom. The zero-order valence-electron chi connectivity index (χ0n) is 6.12. The second kappa shape index (κ2) is 2.79. The van der Waals surface area contributed by atoms with Gasteiger partial charge in [-0.15, -0.1) is 0 Å². The number of cyclic esters (lactones) is 1. The number of rotatable bonds is 1. The molecule has 2 aliphatic rings. The number of carbonyl (C=O) groups excluding carboxylic acids is 1. The molecule has 0 spiro atoms. The summed E-state index contributed by atoms with van der Waals surface area (Å²) in [6.07, 6.45) is 0.228. The zero-order valence-corrected chi connectivity index (χ0v) is 6.12. The normalized spacial score (nSPS) is 32.7. The van der Waals surface area contributed by atoms with Gasteiger partial charge >= 0.3 is 5.97 Å². The maximum absolute atomic E-state index is 10.7. The van der Waals surface area contributed by atoms with Gasteiger partial charge in [-0.05, 0) is 0 Å². The van der Waals surface area contributed by atoms with Gasteiger partial charge in [0.1, 0.15) is 0 Å². The van der Waals surface area contributed by atoms with Gasteiger partial charge in [0.15, 0.2) is 6.29 Å². The van der Waals surface area contributed by atoms with Crippen LogP contribution in [0.3, 0.4) is 0 Å². The molecule has 1 unspecified atom stereocenters. The molecule has 2 saturated heterocycles. The van der Waals surface area contributed by atoms with Crippen molar-refractivity contribution in [2.24, 2.45) is 5.92 Å². The second-order valence-electron chi connectivity index (χ2n) is 2.76. The van der Waals surface area contributed by atoms with E-state index in [1.54, 1.807) is 0 Å². The third-order valence-corrected chi connectivity index (χ3v) is 1.92. The monoisotopic (exact) mass is 158 g/mol. The third-order valence-electron chi connectivity index (χ3n) is 1.92. The summed E-state index contributed by atoms with van der Waals surface area (Å²) < 4.78 is 15.2. The number of esters is 1. The van der Waals surface area contributed by atoms with Gasteiger partial charge in [0.05, 0.1) is 32.2 Å². The molecule has 2 rings (SSSR count). The van der Waals surface area contributed by atoms with Gasteiger partial charge < -0.3 is 14.2 Å². The minimum atomic E-state index is -0.207. The zero-order chi connectivity index (χ0) is 7.68. The van der Waals surface area contributed by atoms with Crippen molar-refractivity contribution in [3.63, 3.8) is 0 Å². The predicted molar refractivity (Wildman–Crippen MR) is 34.8 cm³/mol.